The Kier molecular flexibility index (Phi) is 4.60. The first-order valence-electron chi connectivity index (χ1n) is 6.01. The molecular weight excluding hydrogens is 262 g/mol. The van der Waals surface area contributed by atoms with E-state index in [9.17, 15) is 4.39 Å². The van der Waals surface area contributed by atoms with Crippen molar-refractivity contribution < 1.29 is 23.9 Å². The van der Waals surface area contributed by atoms with E-state index in [-0.39, 0.29) is 6.61 Å². The van der Waals surface area contributed by atoms with Crippen molar-refractivity contribution in [1.29, 1.82) is 0 Å². The standard InChI is InChI=1S/C14H14BFO4/c1-19-13-5-2-10(14(16)8-13)9-20-12-6-3-11(4-7-12)15(17)18/h2-8,17-18H,9H2,1H3. The first-order valence-corrected chi connectivity index (χ1v) is 6.01. The second kappa shape index (κ2) is 6.41. The first kappa shape index (κ1) is 14.4. The van der Waals surface area contributed by atoms with Crippen molar-refractivity contribution in [3.8, 4) is 11.5 Å². The zero-order valence-electron chi connectivity index (χ0n) is 10.9. The van der Waals surface area contributed by atoms with E-state index in [1.807, 2.05) is 0 Å². The van der Waals surface area contributed by atoms with Crippen LogP contribution in [0.5, 0.6) is 11.5 Å². The van der Waals surface area contributed by atoms with Gasteiger partial charge in [-0.15, -0.1) is 0 Å². The third-order valence-electron chi connectivity index (χ3n) is 2.83. The normalized spacial score (nSPS) is 10.2. The van der Waals surface area contributed by atoms with Crippen molar-refractivity contribution in [2.75, 3.05) is 7.11 Å². The molecule has 0 spiro atoms. The summed E-state index contributed by atoms with van der Waals surface area (Å²) in [6.07, 6.45) is 0. The number of methoxy groups -OCH3 is 1. The van der Waals surface area contributed by atoms with Crippen LogP contribution in [0.25, 0.3) is 0 Å². The van der Waals surface area contributed by atoms with Gasteiger partial charge in [0, 0.05) is 11.6 Å². The smallest absolute Gasteiger partial charge is 0.488 e. The summed E-state index contributed by atoms with van der Waals surface area (Å²) in [7, 11) is -0.0367. The van der Waals surface area contributed by atoms with Gasteiger partial charge in [0.2, 0.25) is 0 Å². The second-order valence-electron chi connectivity index (χ2n) is 4.19. The summed E-state index contributed by atoms with van der Waals surface area (Å²) in [6, 6.07) is 10.8. The SMILES string of the molecule is COc1ccc(COc2ccc(B(O)O)cc2)c(F)c1. The fourth-order valence-corrected chi connectivity index (χ4v) is 1.67. The molecule has 2 aromatic rings. The lowest BCUT2D eigenvalue weighted by Gasteiger charge is -2.09. The molecule has 0 aliphatic carbocycles. The van der Waals surface area contributed by atoms with Gasteiger partial charge >= 0.3 is 7.12 Å². The van der Waals surface area contributed by atoms with Crippen LogP contribution in [0.2, 0.25) is 0 Å². The zero-order valence-corrected chi connectivity index (χ0v) is 10.9. The lowest BCUT2D eigenvalue weighted by Crippen LogP contribution is -2.29. The van der Waals surface area contributed by atoms with Crippen LogP contribution in [0, 0.1) is 5.82 Å². The topological polar surface area (TPSA) is 58.9 Å². The van der Waals surface area contributed by atoms with Crippen LogP contribution < -0.4 is 14.9 Å². The molecule has 0 saturated carbocycles. The van der Waals surface area contributed by atoms with Gasteiger partial charge < -0.3 is 19.5 Å². The molecule has 0 aliphatic rings. The predicted octanol–water partition coefficient (Wildman–Crippen LogP) is 1.09. The van der Waals surface area contributed by atoms with Crippen molar-refractivity contribution in [1.82, 2.24) is 0 Å². The molecule has 0 atom stereocenters. The summed E-state index contributed by atoms with van der Waals surface area (Å²) in [4.78, 5) is 0. The van der Waals surface area contributed by atoms with Gasteiger partial charge in [-0.3, -0.25) is 0 Å². The maximum absolute atomic E-state index is 13.7. The van der Waals surface area contributed by atoms with E-state index >= 15 is 0 Å². The number of ether oxygens (including phenoxy) is 2. The molecule has 0 bridgehead atoms. The Hall–Kier alpha value is -2.05. The molecule has 4 nitrogen and oxygen atoms in total. The van der Waals surface area contributed by atoms with Crippen LogP contribution in [0.4, 0.5) is 4.39 Å². The van der Waals surface area contributed by atoms with Crippen LogP contribution in [0.15, 0.2) is 42.5 Å². The highest BCUT2D eigenvalue weighted by atomic mass is 19.1. The lowest BCUT2D eigenvalue weighted by molar-refractivity contribution is 0.299. The monoisotopic (exact) mass is 276 g/mol. The number of hydrogen-bond donors (Lipinski definition) is 2. The molecule has 0 fully saturated rings. The van der Waals surface area contributed by atoms with Gasteiger partial charge in [-0.05, 0) is 29.7 Å². The number of hydrogen-bond acceptors (Lipinski definition) is 4. The molecule has 6 heteroatoms. The molecule has 2 rings (SSSR count). The fraction of sp³-hybridized carbons (Fsp3) is 0.143. The molecule has 0 aliphatic heterocycles. The largest absolute Gasteiger partial charge is 0.497 e. The minimum Gasteiger partial charge on any atom is -0.497 e. The van der Waals surface area contributed by atoms with Crippen LogP contribution in [-0.4, -0.2) is 24.3 Å². The Bertz CT molecular complexity index is 572. The van der Waals surface area contributed by atoms with Gasteiger partial charge in [0.05, 0.1) is 7.11 Å². The Morgan fingerprint density at radius 3 is 2.25 bits per heavy atom. The fourth-order valence-electron chi connectivity index (χ4n) is 1.67. The van der Waals surface area contributed by atoms with Crippen molar-refractivity contribution in [2.24, 2.45) is 0 Å². The van der Waals surface area contributed by atoms with E-state index in [0.29, 0.717) is 22.5 Å². The van der Waals surface area contributed by atoms with Gasteiger partial charge in [0.1, 0.15) is 23.9 Å². The maximum Gasteiger partial charge on any atom is 0.488 e. The predicted molar refractivity (Wildman–Crippen MR) is 73.6 cm³/mol. The van der Waals surface area contributed by atoms with Crippen LogP contribution in [0.1, 0.15) is 5.56 Å². The summed E-state index contributed by atoms with van der Waals surface area (Å²) in [5.74, 6) is 0.573. The molecule has 0 radical (unpaired) electrons. The second-order valence-corrected chi connectivity index (χ2v) is 4.19. The lowest BCUT2D eigenvalue weighted by atomic mass is 9.80. The van der Waals surface area contributed by atoms with Gasteiger partial charge in [0.25, 0.3) is 0 Å². The zero-order chi connectivity index (χ0) is 14.5. The molecule has 2 N–H and O–H groups in total. The molecular formula is C14H14BFO4. The van der Waals surface area contributed by atoms with Gasteiger partial charge in [0.15, 0.2) is 0 Å². The Morgan fingerprint density at radius 2 is 1.70 bits per heavy atom. The van der Waals surface area contributed by atoms with Crippen LogP contribution in [0.3, 0.4) is 0 Å². The molecule has 0 heterocycles. The van der Waals surface area contributed by atoms with E-state index in [2.05, 4.69) is 0 Å². The minimum atomic E-state index is -1.51. The first-order chi connectivity index (χ1) is 9.60. The quantitative estimate of drug-likeness (QED) is 0.803. The molecule has 0 amide bonds. The molecule has 2 aromatic carbocycles. The summed E-state index contributed by atoms with van der Waals surface area (Å²) < 4.78 is 24.0. The Balaban J connectivity index is 2.01. The van der Waals surface area contributed by atoms with Gasteiger partial charge in [-0.1, -0.05) is 12.1 Å². The maximum atomic E-state index is 13.7. The summed E-state index contributed by atoms with van der Waals surface area (Å²) in [6.45, 7) is 0.0802. The van der Waals surface area contributed by atoms with E-state index < -0.39 is 12.9 Å². The van der Waals surface area contributed by atoms with Crippen molar-refractivity contribution in [3.05, 3.63) is 53.8 Å². The highest BCUT2D eigenvalue weighted by molar-refractivity contribution is 6.58. The third-order valence-corrected chi connectivity index (χ3v) is 2.83. The van der Waals surface area contributed by atoms with E-state index in [1.165, 1.54) is 25.3 Å². The highest BCUT2D eigenvalue weighted by Crippen LogP contribution is 2.18. The molecule has 0 saturated heterocycles. The molecule has 20 heavy (non-hydrogen) atoms. The average molecular weight is 276 g/mol. The van der Waals surface area contributed by atoms with Crippen molar-refractivity contribution >= 4 is 12.6 Å². The summed E-state index contributed by atoms with van der Waals surface area (Å²) in [5.41, 5.74) is 0.782. The Morgan fingerprint density at radius 1 is 1.05 bits per heavy atom. The summed E-state index contributed by atoms with van der Waals surface area (Å²) >= 11 is 0. The third kappa shape index (κ3) is 3.49. The van der Waals surface area contributed by atoms with E-state index in [4.69, 9.17) is 19.5 Å². The van der Waals surface area contributed by atoms with Crippen LogP contribution >= 0.6 is 0 Å². The number of rotatable bonds is 5. The molecule has 0 aromatic heterocycles. The molecule has 0 unspecified atom stereocenters. The average Bonchev–Trinajstić information content (AvgIpc) is 2.46. The minimum absolute atomic E-state index is 0.0802. The van der Waals surface area contributed by atoms with Gasteiger partial charge in [-0.2, -0.15) is 0 Å². The van der Waals surface area contributed by atoms with Gasteiger partial charge in [-0.25, -0.2) is 4.39 Å². The number of halogens is 1. The number of benzene rings is 2. The van der Waals surface area contributed by atoms with Crippen LogP contribution in [-0.2, 0) is 6.61 Å². The van der Waals surface area contributed by atoms with Crippen molar-refractivity contribution in [2.45, 2.75) is 6.61 Å². The van der Waals surface area contributed by atoms with Crippen molar-refractivity contribution in [3.63, 3.8) is 0 Å². The van der Waals surface area contributed by atoms with E-state index in [0.717, 1.165) is 0 Å². The highest BCUT2D eigenvalue weighted by Gasteiger charge is 2.10. The Labute approximate surface area is 116 Å². The summed E-state index contributed by atoms with van der Waals surface area (Å²) in [5, 5.41) is 17.9. The van der Waals surface area contributed by atoms with E-state index in [1.54, 1.807) is 24.3 Å². The molecule has 104 valence electrons.